The van der Waals surface area contributed by atoms with Crippen molar-refractivity contribution >= 4 is 5.69 Å². The summed E-state index contributed by atoms with van der Waals surface area (Å²) in [6.07, 6.45) is 5.19. The van der Waals surface area contributed by atoms with Crippen LogP contribution >= 0.6 is 0 Å². The highest BCUT2D eigenvalue weighted by Gasteiger charge is 2.09. The van der Waals surface area contributed by atoms with Gasteiger partial charge in [-0.1, -0.05) is 30.3 Å². The molecule has 0 fully saturated rings. The van der Waals surface area contributed by atoms with Crippen molar-refractivity contribution in [1.29, 1.82) is 0 Å². The van der Waals surface area contributed by atoms with Crippen LogP contribution < -0.4 is 11.1 Å². The lowest BCUT2D eigenvalue weighted by Crippen LogP contribution is -2.13. The van der Waals surface area contributed by atoms with E-state index >= 15 is 0 Å². The van der Waals surface area contributed by atoms with E-state index in [0.29, 0.717) is 0 Å². The van der Waals surface area contributed by atoms with Crippen molar-refractivity contribution in [2.75, 3.05) is 5.73 Å². The van der Waals surface area contributed by atoms with E-state index in [-0.39, 0.29) is 0 Å². The van der Waals surface area contributed by atoms with Crippen molar-refractivity contribution in [3.05, 3.63) is 64.7 Å². The standard InChI is InChI=1S/C18H22N2/c19-18-7-3-4-14(11-18)12-20-13-15-8-9-16-5-1-2-6-17(16)10-15/h3-4,7-11,20H,1-2,5-6,12-13,19H2. The fraction of sp³-hybridized carbons (Fsp3) is 0.333. The van der Waals surface area contributed by atoms with Gasteiger partial charge in [0.1, 0.15) is 0 Å². The van der Waals surface area contributed by atoms with Crippen LogP contribution in [0.25, 0.3) is 0 Å². The third-order valence-electron chi connectivity index (χ3n) is 4.02. The lowest BCUT2D eigenvalue weighted by atomic mass is 9.90. The molecule has 0 amide bonds. The molecule has 0 saturated carbocycles. The molecule has 0 aromatic heterocycles. The van der Waals surface area contributed by atoms with Crippen LogP contribution in [0.2, 0.25) is 0 Å². The second kappa shape index (κ2) is 6.10. The van der Waals surface area contributed by atoms with Gasteiger partial charge < -0.3 is 11.1 Å². The van der Waals surface area contributed by atoms with Gasteiger partial charge in [-0.25, -0.2) is 0 Å². The van der Waals surface area contributed by atoms with Crippen LogP contribution in [0, 0.1) is 0 Å². The van der Waals surface area contributed by atoms with Crippen molar-refractivity contribution in [2.24, 2.45) is 0 Å². The molecule has 0 saturated heterocycles. The van der Waals surface area contributed by atoms with E-state index in [9.17, 15) is 0 Å². The monoisotopic (exact) mass is 266 g/mol. The molecular weight excluding hydrogens is 244 g/mol. The minimum absolute atomic E-state index is 0.832. The molecule has 20 heavy (non-hydrogen) atoms. The van der Waals surface area contributed by atoms with Crippen molar-refractivity contribution < 1.29 is 0 Å². The lowest BCUT2D eigenvalue weighted by molar-refractivity contribution is 0.672. The zero-order chi connectivity index (χ0) is 13.8. The van der Waals surface area contributed by atoms with E-state index < -0.39 is 0 Å². The second-order valence-electron chi connectivity index (χ2n) is 5.66. The molecule has 104 valence electrons. The third kappa shape index (κ3) is 3.20. The molecule has 0 bridgehead atoms. The Bertz CT molecular complexity index is 590. The summed E-state index contributed by atoms with van der Waals surface area (Å²) in [5, 5.41) is 3.50. The highest BCUT2D eigenvalue weighted by molar-refractivity contribution is 5.40. The van der Waals surface area contributed by atoms with E-state index in [0.717, 1.165) is 18.8 Å². The zero-order valence-corrected chi connectivity index (χ0v) is 11.9. The highest BCUT2D eigenvalue weighted by atomic mass is 14.8. The quantitative estimate of drug-likeness (QED) is 0.832. The van der Waals surface area contributed by atoms with Crippen LogP contribution in [0.3, 0.4) is 0 Å². The zero-order valence-electron chi connectivity index (χ0n) is 11.9. The second-order valence-corrected chi connectivity index (χ2v) is 5.66. The molecule has 2 aromatic carbocycles. The van der Waals surface area contributed by atoms with Crippen LogP contribution in [-0.2, 0) is 25.9 Å². The van der Waals surface area contributed by atoms with E-state index in [4.69, 9.17) is 5.73 Å². The average Bonchev–Trinajstić information content (AvgIpc) is 2.47. The number of nitrogens with one attached hydrogen (secondary N) is 1. The SMILES string of the molecule is Nc1cccc(CNCc2ccc3c(c2)CCCC3)c1. The first-order valence-electron chi connectivity index (χ1n) is 7.47. The Kier molecular flexibility index (Phi) is 4.03. The van der Waals surface area contributed by atoms with Crippen LogP contribution in [0.15, 0.2) is 42.5 Å². The van der Waals surface area contributed by atoms with Gasteiger partial charge in [-0.2, -0.15) is 0 Å². The van der Waals surface area contributed by atoms with Crippen LogP contribution in [-0.4, -0.2) is 0 Å². The molecule has 2 heteroatoms. The highest BCUT2D eigenvalue weighted by Crippen LogP contribution is 2.22. The van der Waals surface area contributed by atoms with Gasteiger partial charge >= 0.3 is 0 Å². The summed E-state index contributed by atoms with van der Waals surface area (Å²) in [7, 11) is 0. The summed E-state index contributed by atoms with van der Waals surface area (Å²) in [6.45, 7) is 1.78. The Hall–Kier alpha value is -1.80. The third-order valence-corrected chi connectivity index (χ3v) is 4.02. The number of nitrogens with two attached hydrogens (primary N) is 1. The topological polar surface area (TPSA) is 38.0 Å². The number of rotatable bonds is 4. The molecule has 0 atom stereocenters. The largest absolute Gasteiger partial charge is 0.399 e. The summed E-state index contributed by atoms with van der Waals surface area (Å²) < 4.78 is 0. The smallest absolute Gasteiger partial charge is 0.0317 e. The summed E-state index contributed by atoms with van der Waals surface area (Å²) in [6, 6.07) is 15.0. The predicted octanol–water partition coefficient (Wildman–Crippen LogP) is 3.44. The Labute approximate surface area is 121 Å². The number of hydrogen-bond acceptors (Lipinski definition) is 2. The Morgan fingerprint density at radius 1 is 0.850 bits per heavy atom. The van der Waals surface area contributed by atoms with Crippen molar-refractivity contribution in [3.8, 4) is 0 Å². The number of hydrogen-bond donors (Lipinski definition) is 2. The van der Waals surface area contributed by atoms with Crippen LogP contribution in [0.5, 0.6) is 0 Å². The molecule has 0 unspecified atom stereocenters. The van der Waals surface area contributed by atoms with E-state index in [2.05, 4.69) is 29.6 Å². The first-order valence-corrected chi connectivity index (χ1v) is 7.47. The van der Waals surface area contributed by atoms with Gasteiger partial charge in [-0.05, 0) is 60.1 Å². The van der Waals surface area contributed by atoms with Gasteiger partial charge in [0.15, 0.2) is 0 Å². The number of aryl methyl sites for hydroxylation is 2. The Morgan fingerprint density at radius 3 is 2.40 bits per heavy atom. The molecule has 1 aliphatic rings. The van der Waals surface area contributed by atoms with Gasteiger partial charge in [0.2, 0.25) is 0 Å². The average molecular weight is 266 g/mol. The molecule has 3 N–H and O–H groups in total. The Balaban J connectivity index is 1.58. The summed E-state index contributed by atoms with van der Waals surface area (Å²) in [4.78, 5) is 0. The van der Waals surface area contributed by atoms with Crippen molar-refractivity contribution in [1.82, 2.24) is 5.32 Å². The van der Waals surface area contributed by atoms with Crippen molar-refractivity contribution in [2.45, 2.75) is 38.8 Å². The fourth-order valence-corrected chi connectivity index (χ4v) is 2.95. The number of benzene rings is 2. The number of fused-ring (bicyclic) bond motifs is 1. The van der Waals surface area contributed by atoms with Crippen molar-refractivity contribution in [3.63, 3.8) is 0 Å². The minimum atomic E-state index is 0.832. The van der Waals surface area contributed by atoms with Crippen LogP contribution in [0.1, 0.15) is 35.1 Å². The molecule has 2 nitrogen and oxygen atoms in total. The first-order chi connectivity index (χ1) is 9.81. The van der Waals surface area contributed by atoms with Crippen LogP contribution in [0.4, 0.5) is 5.69 Å². The maximum Gasteiger partial charge on any atom is 0.0317 e. The van der Waals surface area contributed by atoms with E-state index in [1.165, 1.54) is 36.8 Å². The van der Waals surface area contributed by atoms with Gasteiger partial charge in [-0.15, -0.1) is 0 Å². The lowest BCUT2D eigenvalue weighted by Gasteiger charge is -2.16. The fourth-order valence-electron chi connectivity index (χ4n) is 2.95. The molecule has 3 rings (SSSR count). The van der Waals surface area contributed by atoms with Gasteiger partial charge in [0.05, 0.1) is 0 Å². The first kappa shape index (κ1) is 13.2. The molecule has 0 spiro atoms. The Morgan fingerprint density at radius 2 is 1.60 bits per heavy atom. The van der Waals surface area contributed by atoms with Gasteiger partial charge in [-0.3, -0.25) is 0 Å². The molecule has 1 aliphatic carbocycles. The van der Waals surface area contributed by atoms with E-state index in [1.54, 1.807) is 11.1 Å². The molecule has 2 aromatic rings. The number of anilines is 1. The summed E-state index contributed by atoms with van der Waals surface area (Å²) in [5.41, 5.74) is 12.4. The molecular formula is C18H22N2. The molecule has 0 heterocycles. The summed E-state index contributed by atoms with van der Waals surface area (Å²) in [5.74, 6) is 0. The predicted molar refractivity (Wildman–Crippen MR) is 84.5 cm³/mol. The summed E-state index contributed by atoms with van der Waals surface area (Å²) >= 11 is 0. The van der Waals surface area contributed by atoms with E-state index in [1.807, 2.05) is 18.2 Å². The maximum absolute atomic E-state index is 5.79. The minimum Gasteiger partial charge on any atom is -0.399 e. The molecule has 0 aliphatic heterocycles. The number of nitrogen functional groups attached to an aromatic ring is 1. The normalized spacial score (nSPS) is 14.0. The van der Waals surface area contributed by atoms with Gasteiger partial charge in [0, 0.05) is 18.8 Å². The maximum atomic E-state index is 5.79. The molecule has 0 radical (unpaired) electrons. The van der Waals surface area contributed by atoms with Gasteiger partial charge in [0.25, 0.3) is 0 Å².